The molecule has 1 heterocycles. The summed E-state index contributed by atoms with van der Waals surface area (Å²) in [6.07, 6.45) is 2.56. The van der Waals surface area contributed by atoms with Gasteiger partial charge in [0.25, 0.3) is 0 Å². The lowest BCUT2D eigenvalue weighted by atomic mass is 10.1. The molecule has 1 amide bonds. The van der Waals surface area contributed by atoms with E-state index in [4.69, 9.17) is 4.74 Å². The molecule has 2 rings (SSSR count). The summed E-state index contributed by atoms with van der Waals surface area (Å²) in [5, 5.41) is 0. The minimum absolute atomic E-state index is 0.00232. The largest absolute Gasteiger partial charge is 0.469 e. The zero-order chi connectivity index (χ0) is 16.7. The molecule has 1 atom stereocenters. The van der Waals surface area contributed by atoms with E-state index in [1.165, 1.54) is 7.11 Å². The van der Waals surface area contributed by atoms with Crippen molar-refractivity contribution in [2.24, 2.45) is 0 Å². The summed E-state index contributed by atoms with van der Waals surface area (Å²) in [5.41, 5.74) is 0.944. The number of ether oxygens (including phenoxy) is 2. The van der Waals surface area contributed by atoms with Gasteiger partial charge in [-0.1, -0.05) is 28.1 Å². The highest BCUT2D eigenvalue weighted by Gasteiger charge is 2.23. The first-order valence-corrected chi connectivity index (χ1v) is 8.58. The number of methoxy groups -OCH3 is 1. The van der Waals surface area contributed by atoms with Crippen LogP contribution in [0.2, 0.25) is 0 Å². The molecule has 1 unspecified atom stereocenters. The van der Waals surface area contributed by atoms with Crippen LogP contribution in [0, 0.1) is 0 Å². The van der Waals surface area contributed by atoms with Crippen molar-refractivity contribution in [3.8, 4) is 0 Å². The number of hydrogen-bond donors (Lipinski definition) is 0. The van der Waals surface area contributed by atoms with Crippen LogP contribution >= 0.6 is 15.9 Å². The molecule has 1 aromatic carbocycles. The Labute approximate surface area is 145 Å². The average molecular weight is 384 g/mol. The molecular formula is C17H22BrNO4. The number of rotatable bonds is 7. The van der Waals surface area contributed by atoms with Gasteiger partial charge in [0, 0.05) is 24.2 Å². The Balaban J connectivity index is 1.98. The maximum absolute atomic E-state index is 12.6. The number of hydrogen-bond acceptors (Lipinski definition) is 4. The number of nitrogens with zero attached hydrogens (tertiary/aromatic N) is 1. The summed E-state index contributed by atoms with van der Waals surface area (Å²) >= 11 is 3.41. The molecule has 0 radical (unpaired) electrons. The van der Waals surface area contributed by atoms with Gasteiger partial charge in [0.05, 0.1) is 26.1 Å². The second-order valence-electron chi connectivity index (χ2n) is 5.61. The lowest BCUT2D eigenvalue weighted by Gasteiger charge is -2.25. The third-order valence-corrected chi connectivity index (χ3v) is 4.35. The fourth-order valence-electron chi connectivity index (χ4n) is 2.61. The van der Waals surface area contributed by atoms with Gasteiger partial charge < -0.3 is 14.4 Å². The number of carbonyl (C=O) groups is 2. The highest BCUT2D eigenvalue weighted by molar-refractivity contribution is 9.10. The first kappa shape index (κ1) is 17.9. The molecule has 1 aliphatic rings. The highest BCUT2D eigenvalue weighted by Crippen LogP contribution is 2.16. The van der Waals surface area contributed by atoms with E-state index in [1.807, 2.05) is 24.3 Å². The Kier molecular flexibility index (Phi) is 7.05. The minimum atomic E-state index is -0.308. The molecule has 6 heteroatoms. The Morgan fingerprint density at radius 2 is 2.26 bits per heavy atom. The number of halogens is 1. The van der Waals surface area contributed by atoms with Crippen molar-refractivity contribution >= 4 is 27.8 Å². The van der Waals surface area contributed by atoms with Crippen molar-refractivity contribution in [1.29, 1.82) is 0 Å². The second-order valence-corrected chi connectivity index (χ2v) is 6.52. The summed E-state index contributed by atoms with van der Waals surface area (Å²) in [5.74, 6) is -0.305. The van der Waals surface area contributed by atoms with E-state index >= 15 is 0 Å². The molecule has 0 N–H and O–H groups in total. The van der Waals surface area contributed by atoms with E-state index in [0.29, 0.717) is 19.5 Å². The fraction of sp³-hybridized carbons (Fsp3) is 0.529. The SMILES string of the molecule is COC(=O)CCN(CC1CCCO1)C(=O)Cc1cccc(Br)c1. The first-order chi connectivity index (χ1) is 11.1. The molecule has 0 aliphatic carbocycles. The van der Waals surface area contributed by atoms with E-state index in [-0.39, 0.29) is 24.4 Å². The van der Waals surface area contributed by atoms with Crippen LogP contribution in [-0.4, -0.2) is 49.7 Å². The van der Waals surface area contributed by atoms with Crippen LogP contribution in [0.15, 0.2) is 28.7 Å². The van der Waals surface area contributed by atoms with Crippen LogP contribution in [-0.2, 0) is 25.5 Å². The lowest BCUT2D eigenvalue weighted by Crippen LogP contribution is -2.39. The third-order valence-electron chi connectivity index (χ3n) is 3.86. The van der Waals surface area contributed by atoms with Gasteiger partial charge in [-0.2, -0.15) is 0 Å². The van der Waals surface area contributed by atoms with Crippen molar-refractivity contribution in [2.75, 3.05) is 26.8 Å². The molecule has 1 fully saturated rings. The summed E-state index contributed by atoms with van der Waals surface area (Å²) in [6, 6.07) is 7.69. The average Bonchev–Trinajstić information content (AvgIpc) is 3.04. The predicted molar refractivity (Wildman–Crippen MR) is 90.0 cm³/mol. The number of carbonyl (C=O) groups excluding carboxylic acids is 2. The monoisotopic (exact) mass is 383 g/mol. The highest BCUT2D eigenvalue weighted by atomic mass is 79.9. The van der Waals surface area contributed by atoms with Crippen molar-refractivity contribution in [3.05, 3.63) is 34.3 Å². The smallest absolute Gasteiger partial charge is 0.307 e. The van der Waals surface area contributed by atoms with Crippen LogP contribution in [0.5, 0.6) is 0 Å². The molecule has 0 aromatic heterocycles. The summed E-state index contributed by atoms with van der Waals surface area (Å²) in [7, 11) is 1.36. The zero-order valence-electron chi connectivity index (χ0n) is 13.3. The van der Waals surface area contributed by atoms with Crippen molar-refractivity contribution in [1.82, 2.24) is 4.90 Å². The first-order valence-electron chi connectivity index (χ1n) is 7.79. The molecule has 1 aliphatic heterocycles. The molecule has 5 nitrogen and oxygen atoms in total. The second kappa shape index (κ2) is 9.03. The van der Waals surface area contributed by atoms with Gasteiger partial charge in [-0.3, -0.25) is 9.59 Å². The van der Waals surface area contributed by atoms with Gasteiger partial charge in [0.15, 0.2) is 0 Å². The summed E-state index contributed by atoms with van der Waals surface area (Å²) in [6.45, 7) is 1.64. The van der Waals surface area contributed by atoms with Crippen molar-refractivity contribution < 1.29 is 19.1 Å². The van der Waals surface area contributed by atoms with Crippen LogP contribution in [0.1, 0.15) is 24.8 Å². The molecule has 126 valence electrons. The van der Waals surface area contributed by atoms with Crippen LogP contribution in [0.4, 0.5) is 0 Å². The van der Waals surface area contributed by atoms with E-state index in [0.717, 1.165) is 29.5 Å². The van der Waals surface area contributed by atoms with Gasteiger partial charge in [0.1, 0.15) is 0 Å². The molecule has 1 saturated heterocycles. The summed E-state index contributed by atoms with van der Waals surface area (Å²) < 4.78 is 11.2. The maximum atomic E-state index is 12.6. The lowest BCUT2D eigenvalue weighted by molar-refractivity contribution is -0.142. The van der Waals surface area contributed by atoms with E-state index in [2.05, 4.69) is 20.7 Å². The zero-order valence-corrected chi connectivity index (χ0v) is 14.9. The van der Waals surface area contributed by atoms with E-state index in [9.17, 15) is 9.59 Å². The van der Waals surface area contributed by atoms with Gasteiger partial charge in [-0.15, -0.1) is 0 Å². The molecule has 0 spiro atoms. The molecule has 0 saturated carbocycles. The Bertz CT molecular complexity index is 543. The molecule has 1 aromatic rings. The Morgan fingerprint density at radius 3 is 2.91 bits per heavy atom. The molecule has 0 bridgehead atoms. The Morgan fingerprint density at radius 1 is 1.43 bits per heavy atom. The van der Waals surface area contributed by atoms with Crippen molar-refractivity contribution in [3.63, 3.8) is 0 Å². The van der Waals surface area contributed by atoms with Crippen LogP contribution < -0.4 is 0 Å². The van der Waals surface area contributed by atoms with Gasteiger partial charge >= 0.3 is 5.97 Å². The quantitative estimate of drug-likeness (QED) is 0.678. The Hall–Kier alpha value is -1.40. The van der Waals surface area contributed by atoms with Crippen LogP contribution in [0.3, 0.4) is 0 Å². The topological polar surface area (TPSA) is 55.8 Å². The maximum Gasteiger partial charge on any atom is 0.307 e. The minimum Gasteiger partial charge on any atom is -0.469 e. The predicted octanol–water partition coefficient (Wildman–Crippen LogP) is 2.56. The number of benzene rings is 1. The molecular weight excluding hydrogens is 362 g/mol. The summed E-state index contributed by atoms with van der Waals surface area (Å²) in [4.78, 5) is 25.7. The van der Waals surface area contributed by atoms with Gasteiger partial charge in [-0.25, -0.2) is 0 Å². The van der Waals surface area contributed by atoms with Crippen molar-refractivity contribution in [2.45, 2.75) is 31.8 Å². The van der Waals surface area contributed by atoms with E-state index < -0.39 is 0 Å². The number of esters is 1. The number of amides is 1. The normalized spacial score (nSPS) is 17.0. The van der Waals surface area contributed by atoms with E-state index in [1.54, 1.807) is 4.90 Å². The molecule has 23 heavy (non-hydrogen) atoms. The van der Waals surface area contributed by atoms with Crippen LogP contribution in [0.25, 0.3) is 0 Å². The third kappa shape index (κ3) is 5.95. The van der Waals surface area contributed by atoms with Gasteiger partial charge in [0.2, 0.25) is 5.91 Å². The standard InChI is InChI=1S/C17H22BrNO4/c1-22-17(21)7-8-19(12-15-6-3-9-23-15)16(20)11-13-4-2-5-14(18)10-13/h2,4-5,10,15H,3,6-9,11-12H2,1H3. The van der Waals surface area contributed by atoms with Gasteiger partial charge in [-0.05, 0) is 30.5 Å². The fourth-order valence-corrected chi connectivity index (χ4v) is 3.06.